The van der Waals surface area contributed by atoms with E-state index in [0.29, 0.717) is 16.9 Å². The number of phenolic OH excluding ortho intramolecular Hbond substituents is 1. The Labute approximate surface area is 341 Å². The zero-order valence-corrected chi connectivity index (χ0v) is 32.8. The zero-order chi connectivity index (χ0) is 43.1. The molecule has 6 N–H and O–H groups in total. The molecule has 6 aromatic carbocycles. The molecular formula is C40H34N8O11S. The number of benzene rings is 6. The number of aromatic hydroxyl groups is 1. The van der Waals surface area contributed by atoms with Gasteiger partial charge in [-0.25, -0.2) is 4.79 Å². The van der Waals surface area contributed by atoms with E-state index in [4.69, 9.17) is 29.8 Å². The Kier molecular flexibility index (Phi) is 12.3. The van der Waals surface area contributed by atoms with Gasteiger partial charge >= 0.3 is 5.97 Å². The number of fused-ring (bicyclic) bond motifs is 1. The molecule has 0 saturated carbocycles. The van der Waals surface area contributed by atoms with Crippen molar-refractivity contribution in [2.75, 3.05) is 39.5 Å². The van der Waals surface area contributed by atoms with Crippen LogP contribution in [0.15, 0.2) is 133 Å². The van der Waals surface area contributed by atoms with E-state index in [2.05, 4.69) is 36.0 Å². The van der Waals surface area contributed by atoms with Crippen LogP contribution in [0.4, 0.5) is 45.5 Å². The van der Waals surface area contributed by atoms with Crippen LogP contribution in [0.5, 0.6) is 28.7 Å². The molecular weight excluding hydrogens is 801 g/mol. The summed E-state index contributed by atoms with van der Waals surface area (Å²) in [5, 5.41) is 48.5. The Morgan fingerprint density at radius 3 is 1.55 bits per heavy atom. The summed E-state index contributed by atoms with van der Waals surface area (Å²) in [6.45, 7) is 0. The van der Waals surface area contributed by atoms with E-state index in [1.165, 1.54) is 107 Å². The molecule has 0 heterocycles. The van der Waals surface area contributed by atoms with Gasteiger partial charge in [-0.15, -0.1) is 25.6 Å². The lowest BCUT2D eigenvalue weighted by atomic mass is 10.1. The quantitative estimate of drug-likeness (QED) is 0.0389. The number of carbonyl (C=O) groups excluding carboxylic acids is 1. The second kappa shape index (κ2) is 17.7. The van der Waals surface area contributed by atoms with Gasteiger partial charge in [-0.1, -0.05) is 0 Å². The molecule has 60 heavy (non-hydrogen) atoms. The first-order chi connectivity index (χ1) is 28.7. The molecule has 20 heteroatoms. The van der Waals surface area contributed by atoms with Crippen molar-refractivity contribution in [1.82, 2.24) is 0 Å². The number of nitrogens with zero attached hydrogens (tertiary/aromatic N) is 6. The smallest absolute Gasteiger partial charge is 0.335 e. The highest BCUT2D eigenvalue weighted by molar-refractivity contribution is 7.86. The number of hydrogen-bond donors (Lipinski definition) is 5. The third kappa shape index (κ3) is 9.25. The Morgan fingerprint density at radius 2 is 1.08 bits per heavy atom. The number of nitrogens with one attached hydrogen (secondary N) is 1. The summed E-state index contributed by atoms with van der Waals surface area (Å²) < 4.78 is 57.3. The Bertz CT molecular complexity index is 2830. The number of nitrogens with two attached hydrogens (primary N) is 1. The third-order valence-electron chi connectivity index (χ3n) is 8.63. The lowest BCUT2D eigenvalue weighted by Gasteiger charge is -2.12. The van der Waals surface area contributed by atoms with Crippen LogP contribution >= 0.6 is 0 Å². The standard InChI is InChI=1S/C40H34N8O11S/c1-56-32-18-29(33(57-2)17-28(32)44-43-25-11-7-22(8-12-25)40(51)52)45-46-30-19-35(59-4)31(20-34(30)58-3)47-48-37-36(60(53,54)55)16-23-15-26(13-14-27(23)38(37)49)42-39(50)21-5-9-24(41)10-6-21/h5-20,49H,41H2,1-4H3,(H,42,50)(H,51,52)(H,53,54,55). The van der Waals surface area contributed by atoms with Crippen LogP contribution in [-0.2, 0) is 10.1 Å². The number of aromatic carboxylic acids is 1. The first-order valence-corrected chi connectivity index (χ1v) is 18.7. The Balaban J connectivity index is 1.30. The molecule has 1 amide bonds. The van der Waals surface area contributed by atoms with Crippen LogP contribution in [0.1, 0.15) is 20.7 Å². The summed E-state index contributed by atoms with van der Waals surface area (Å²) in [5.74, 6) is -1.43. The second-order valence-corrected chi connectivity index (χ2v) is 13.8. The first-order valence-electron chi connectivity index (χ1n) is 17.3. The Morgan fingerprint density at radius 1 is 0.617 bits per heavy atom. The number of rotatable bonds is 14. The maximum absolute atomic E-state index is 12.8. The normalized spacial score (nSPS) is 11.7. The summed E-state index contributed by atoms with van der Waals surface area (Å²) >= 11 is 0. The van der Waals surface area contributed by atoms with E-state index in [0.717, 1.165) is 6.07 Å². The van der Waals surface area contributed by atoms with Crippen LogP contribution in [-0.4, -0.2) is 63.5 Å². The fourth-order valence-electron chi connectivity index (χ4n) is 5.60. The molecule has 306 valence electrons. The predicted molar refractivity (Wildman–Crippen MR) is 219 cm³/mol. The minimum atomic E-state index is -4.98. The van der Waals surface area contributed by atoms with E-state index in [1.807, 2.05) is 0 Å². The van der Waals surface area contributed by atoms with Gasteiger partial charge in [-0.2, -0.15) is 13.5 Å². The third-order valence-corrected chi connectivity index (χ3v) is 9.50. The van der Waals surface area contributed by atoms with E-state index in [-0.39, 0.29) is 67.8 Å². The van der Waals surface area contributed by atoms with Crippen molar-refractivity contribution < 1.29 is 51.7 Å². The number of nitrogen functional groups attached to an aromatic ring is 1. The molecule has 6 rings (SSSR count). The molecule has 0 aliphatic heterocycles. The van der Waals surface area contributed by atoms with E-state index >= 15 is 0 Å². The molecule has 0 bridgehead atoms. The monoisotopic (exact) mass is 834 g/mol. The van der Waals surface area contributed by atoms with Crippen molar-refractivity contribution in [3.8, 4) is 28.7 Å². The fraction of sp³-hybridized carbons (Fsp3) is 0.100. The number of anilines is 2. The molecule has 0 atom stereocenters. The lowest BCUT2D eigenvalue weighted by molar-refractivity contribution is 0.0696. The molecule has 19 nitrogen and oxygen atoms in total. The molecule has 0 spiro atoms. The highest BCUT2D eigenvalue weighted by Gasteiger charge is 2.23. The average Bonchev–Trinajstić information content (AvgIpc) is 3.24. The van der Waals surface area contributed by atoms with Gasteiger partial charge in [0, 0.05) is 46.6 Å². The maximum atomic E-state index is 12.8. The van der Waals surface area contributed by atoms with E-state index in [9.17, 15) is 27.7 Å². The average molecular weight is 835 g/mol. The minimum absolute atomic E-state index is 0.0152. The van der Waals surface area contributed by atoms with Crippen LogP contribution < -0.4 is 30.0 Å². The molecule has 6 aromatic rings. The van der Waals surface area contributed by atoms with E-state index < -0.39 is 38.3 Å². The van der Waals surface area contributed by atoms with E-state index in [1.54, 1.807) is 12.1 Å². The zero-order valence-electron chi connectivity index (χ0n) is 32.0. The van der Waals surface area contributed by atoms with Crippen molar-refractivity contribution in [3.05, 3.63) is 108 Å². The summed E-state index contributed by atoms with van der Waals surface area (Å²) in [7, 11) is 0.549. The number of phenols is 1. The number of carboxylic acids is 1. The highest BCUT2D eigenvalue weighted by atomic mass is 32.2. The van der Waals surface area contributed by atoms with Crippen molar-refractivity contribution in [1.29, 1.82) is 0 Å². The SMILES string of the molecule is COc1cc(N=Nc2cc(OC)c(N=Nc3c(S(=O)(=O)O)cc4cc(NC(=O)c5ccc(N)cc5)ccc4c3O)cc2OC)c(OC)cc1N=Nc1ccc(C(=O)O)cc1. The molecule has 0 saturated heterocycles. The Hall–Kier alpha value is -7.97. The number of amides is 1. The molecule has 0 unspecified atom stereocenters. The highest BCUT2D eigenvalue weighted by Crippen LogP contribution is 2.46. The molecule has 0 radical (unpaired) electrons. The summed E-state index contributed by atoms with van der Waals surface area (Å²) in [5.41, 5.74) is 7.38. The van der Waals surface area contributed by atoms with Gasteiger partial charge in [0.1, 0.15) is 56.3 Å². The van der Waals surface area contributed by atoms with Crippen LogP contribution in [0, 0.1) is 0 Å². The summed E-state index contributed by atoms with van der Waals surface area (Å²) in [6, 6.07) is 23.3. The predicted octanol–water partition coefficient (Wildman–Crippen LogP) is 9.61. The van der Waals surface area contributed by atoms with Crippen LogP contribution in [0.3, 0.4) is 0 Å². The lowest BCUT2D eigenvalue weighted by Crippen LogP contribution is -2.11. The summed E-state index contributed by atoms with van der Waals surface area (Å²) in [6.07, 6.45) is 0. The van der Waals surface area contributed by atoms with Gasteiger partial charge in [-0.3, -0.25) is 9.35 Å². The molecule has 0 aliphatic carbocycles. The van der Waals surface area contributed by atoms with Gasteiger partial charge in [0.15, 0.2) is 5.75 Å². The number of carboxylic acid groups (broad SMARTS) is 1. The number of hydrogen-bond acceptors (Lipinski definition) is 16. The second-order valence-electron chi connectivity index (χ2n) is 12.4. The fourth-order valence-corrected chi connectivity index (χ4v) is 6.26. The molecule has 0 aliphatic rings. The van der Waals surface area contributed by atoms with Crippen LogP contribution in [0.2, 0.25) is 0 Å². The topological polar surface area (TPSA) is 278 Å². The first kappa shape index (κ1) is 41.7. The molecule has 0 fully saturated rings. The van der Waals surface area contributed by atoms with Crippen molar-refractivity contribution >= 4 is 78.3 Å². The minimum Gasteiger partial charge on any atom is -0.505 e. The van der Waals surface area contributed by atoms with Gasteiger partial charge in [-0.05, 0) is 78.2 Å². The number of ether oxygens (including phenoxy) is 4. The summed E-state index contributed by atoms with van der Waals surface area (Å²) in [4.78, 5) is 23.2. The van der Waals surface area contributed by atoms with Crippen molar-refractivity contribution in [2.24, 2.45) is 30.7 Å². The number of methoxy groups -OCH3 is 4. The van der Waals surface area contributed by atoms with Crippen LogP contribution in [0.25, 0.3) is 10.8 Å². The van der Waals surface area contributed by atoms with Gasteiger partial charge in [0.25, 0.3) is 16.0 Å². The number of azo groups is 3. The maximum Gasteiger partial charge on any atom is 0.335 e. The van der Waals surface area contributed by atoms with Gasteiger partial charge in [0.2, 0.25) is 0 Å². The largest absolute Gasteiger partial charge is 0.505 e. The van der Waals surface area contributed by atoms with Crippen molar-refractivity contribution in [2.45, 2.75) is 4.90 Å². The van der Waals surface area contributed by atoms with Gasteiger partial charge in [0.05, 0.1) is 39.7 Å². The van der Waals surface area contributed by atoms with Gasteiger partial charge < -0.3 is 40.2 Å². The number of carbonyl (C=O) groups is 2. The molecule has 0 aromatic heterocycles. The van der Waals surface area contributed by atoms with Crippen molar-refractivity contribution in [3.63, 3.8) is 0 Å².